The second-order valence-corrected chi connectivity index (χ2v) is 11.9. The molecule has 0 saturated carbocycles. The number of benzene rings is 5. The third kappa shape index (κ3) is 3.20. The minimum atomic E-state index is -3.32. The first kappa shape index (κ1) is 22.1. The van der Waals surface area contributed by atoms with E-state index in [0.29, 0.717) is 49.5 Å². The van der Waals surface area contributed by atoms with E-state index in [1.54, 1.807) is 24.3 Å². The summed E-state index contributed by atoms with van der Waals surface area (Å²) in [5.74, 6) is 0. The number of fused-ring (bicyclic) bond motifs is 6. The Morgan fingerprint density at radius 1 is 0.632 bits per heavy atom. The van der Waals surface area contributed by atoms with E-state index in [4.69, 9.17) is 15.4 Å². The van der Waals surface area contributed by atoms with Gasteiger partial charge in [0.05, 0.1) is 18.2 Å². The van der Waals surface area contributed by atoms with Crippen molar-refractivity contribution in [2.24, 2.45) is 0 Å². The van der Waals surface area contributed by atoms with E-state index < -0.39 is 7.14 Å². The van der Waals surface area contributed by atoms with E-state index in [1.165, 1.54) is 0 Å². The van der Waals surface area contributed by atoms with Gasteiger partial charge >= 0.3 is 0 Å². The monoisotopic (exact) mass is 508 g/mol. The predicted octanol–water partition coefficient (Wildman–Crippen LogP) is 7.55. The molecule has 7 rings (SSSR count). The van der Waals surface area contributed by atoms with Gasteiger partial charge in [-0.05, 0) is 60.7 Å². The lowest BCUT2D eigenvalue weighted by atomic mass is 10.1. The zero-order valence-electron chi connectivity index (χ0n) is 19.9. The van der Waals surface area contributed by atoms with Crippen molar-refractivity contribution in [1.82, 2.24) is 0 Å². The largest absolute Gasteiger partial charge is 0.457 e. The molecule has 5 aromatic carbocycles. The van der Waals surface area contributed by atoms with Gasteiger partial charge in [0, 0.05) is 37.5 Å². The summed E-state index contributed by atoms with van der Waals surface area (Å²) >= 11 is 0. The maximum atomic E-state index is 15.2. The van der Waals surface area contributed by atoms with Crippen LogP contribution in [0, 0.1) is 17.9 Å². The van der Waals surface area contributed by atoms with Crippen molar-refractivity contribution >= 4 is 72.6 Å². The number of rotatable bonds is 3. The Balaban J connectivity index is 1.47. The summed E-state index contributed by atoms with van der Waals surface area (Å²) in [7, 11) is -3.32. The van der Waals surface area contributed by atoms with Crippen LogP contribution in [0.4, 0.5) is 5.69 Å². The minimum absolute atomic E-state index is 0.507. The van der Waals surface area contributed by atoms with Crippen LogP contribution >= 0.6 is 7.14 Å². The summed E-state index contributed by atoms with van der Waals surface area (Å²) in [6.45, 7) is 7.30. The van der Waals surface area contributed by atoms with Crippen LogP contribution in [0.1, 0.15) is 5.56 Å². The molecule has 1 unspecified atom stereocenters. The van der Waals surface area contributed by atoms with Crippen LogP contribution in [-0.4, -0.2) is 0 Å². The van der Waals surface area contributed by atoms with Crippen molar-refractivity contribution in [3.8, 4) is 6.07 Å². The molecule has 0 aliphatic heterocycles. The van der Waals surface area contributed by atoms with Crippen LogP contribution in [0.25, 0.3) is 48.7 Å². The Kier molecular flexibility index (Phi) is 4.79. The molecule has 6 heteroatoms. The maximum Gasteiger partial charge on any atom is 0.190 e. The molecule has 0 aliphatic carbocycles. The summed E-state index contributed by atoms with van der Waals surface area (Å²) in [5, 5.41) is 14.9. The molecule has 0 saturated heterocycles. The summed E-state index contributed by atoms with van der Waals surface area (Å²) in [6, 6.07) is 33.7. The van der Waals surface area contributed by atoms with Crippen molar-refractivity contribution in [3.63, 3.8) is 0 Å². The minimum Gasteiger partial charge on any atom is -0.457 e. The molecule has 0 amide bonds. The topological polar surface area (TPSA) is 71.5 Å². The van der Waals surface area contributed by atoms with Gasteiger partial charge in [-0.2, -0.15) is 5.26 Å². The second-order valence-electron chi connectivity index (χ2n) is 9.12. The van der Waals surface area contributed by atoms with Crippen LogP contribution in [-0.2, 0) is 4.57 Å². The number of nitrogens with zero attached hydrogens (tertiary/aromatic N) is 2. The SMILES string of the molecule is [C-]#[N+]c1ccc2c(c1)oc1cc(P(=O)(c3ccccc3)c3ccc4c(c3)oc3cc(C#N)ccc34)ccc12. The summed E-state index contributed by atoms with van der Waals surface area (Å²) in [6.07, 6.45) is 0. The normalized spacial score (nSPS) is 13.0. The average molecular weight is 508 g/mol. The van der Waals surface area contributed by atoms with Crippen molar-refractivity contribution in [2.75, 3.05) is 0 Å². The predicted molar refractivity (Wildman–Crippen MR) is 151 cm³/mol. The van der Waals surface area contributed by atoms with Crippen molar-refractivity contribution in [3.05, 3.63) is 120 Å². The van der Waals surface area contributed by atoms with E-state index in [9.17, 15) is 5.26 Å². The van der Waals surface area contributed by atoms with Crippen molar-refractivity contribution in [2.45, 2.75) is 0 Å². The standard InChI is InChI=1S/C32H17N2O3P/c1-34-21-8-12-26-28-14-10-24(18-32(28)37-30(26)16-21)38(35,22-5-3-2-4-6-22)23-9-13-27-25-11-7-20(19-33)15-29(25)36-31(27)17-23/h2-18H. The molecule has 5 nitrogen and oxygen atoms in total. The molecule has 2 heterocycles. The molecule has 0 aliphatic rings. The van der Waals surface area contributed by atoms with Gasteiger partial charge in [0.15, 0.2) is 12.8 Å². The average Bonchev–Trinajstić information content (AvgIpc) is 3.53. The lowest BCUT2D eigenvalue weighted by molar-refractivity contribution is 0.592. The number of nitriles is 1. The second kappa shape index (κ2) is 8.22. The molecule has 7 aromatic rings. The fraction of sp³-hybridized carbons (Fsp3) is 0. The first-order chi connectivity index (χ1) is 18.6. The lowest BCUT2D eigenvalue weighted by Gasteiger charge is -2.20. The lowest BCUT2D eigenvalue weighted by Crippen LogP contribution is -2.24. The van der Waals surface area contributed by atoms with Crippen molar-refractivity contribution in [1.29, 1.82) is 5.26 Å². The summed E-state index contributed by atoms with van der Waals surface area (Å²) < 4.78 is 27.4. The van der Waals surface area contributed by atoms with E-state index in [2.05, 4.69) is 10.9 Å². The highest BCUT2D eigenvalue weighted by atomic mass is 31.2. The zero-order chi connectivity index (χ0) is 25.9. The fourth-order valence-electron chi connectivity index (χ4n) is 5.14. The van der Waals surface area contributed by atoms with Crippen LogP contribution in [0.5, 0.6) is 0 Å². The first-order valence-corrected chi connectivity index (χ1v) is 13.7. The van der Waals surface area contributed by atoms with Crippen LogP contribution < -0.4 is 15.9 Å². The smallest absolute Gasteiger partial charge is 0.190 e. The van der Waals surface area contributed by atoms with Gasteiger partial charge in [-0.1, -0.05) is 42.5 Å². The fourth-order valence-corrected chi connectivity index (χ4v) is 7.79. The molecular weight excluding hydrogens is 491 g/mol. The van der Waals surface area contributed by atoms with Crippen LogP contribution in [0.15, 0.2) is 112 Å². The molecule has 0 N–H and O–H groups in total. The van der Waals surface area contributed by atoms with Gasteiger partial charge in [0.25, 0.3) is 0 Å². The van der Waals surface area contributed by atoms with Gasteiger partial charge < -0.3 is 13.4 Å². The highest BCUT2D eigenvalue weighted by Gasteiger charge is 2.31. The van der Waals surface area contributed by atoms with Gasteiger partial charge in [-0.25, -0.2) is 4.85 Å². The number of hydrogen-bond acceptors (Lipinski definition) is 4. The van der Waals surface area contributed by atoms with Gasteiger partial charge in [0.2, 0.25) is 0 Å². The van der Waals surface area contributed by atoms with Gasteiger partial charge in [-0.3, -0.25) is 0 Å². The molecule has 0 radical (unpaired) electrons. The Morgan fingerprint density at radius 3 is 1.74 bits per heavy atom. The molecule has 38 heavy (non-hydrogen) atoms. The third-order valence-corrected chi connectivity index (χ3v) is 10.0. The maximum absolute atomic E-state index is 15.2. The van der Waals surface area contributed by atoms with Gasteiger partial charge in [0.1, 0.15) is 22.3 Å². The quantitative estimate of drug-likeness (QED) is 0.183. The Labute approximate surface area is 217 Å². The Hall–Kier alpha value is -5.09. The Morgan fingerprint density at radius 2 is 1.16 bits per heavy atom. The number of furan rings is 2. The third-order valence-electron chi connectivity index (χ3n) is 7.00. The van der Waals surface area contributed by atoms with Crippen molar-refractivity contribution < 1.29 is 13.4 Å². The van der Waals surface area contributed by atoms with Crippen LogP contribution in [0.2, 0.25) is 0 Å². The molecule has 178 valence electrons. The molecule has 0 spiro atoms. The van der Waals surface area contributed by atoms with Crippen LogP contribution in [0.3, 0.4) is 0 Å². The summed E-state index contributed by atoms with van der Waals surface area (Å²) in [5.41, 5.74) is 3.50. The van der Waals surface area contributed by atoms with E-state index in [0.717, 1.165) is 21.5 Å². The molecule has 0 bridgehead atoms. The van der Waals surface area contributed by atoms with E-state index >= 15 is 4.57 Å². The highest BCUT2D eigenvalue weighted by Crippen LogP contribution is 2.45. The zero-order valence-corrected chi connectivity index (χ0v) is 20.8. The molecule has 1 atom stereocenters. The first-order valence-electron chi connectivity index (χ1n) is 12.0. The molecule has 0 fully saturated rings. The van der Waals surface area contributed by atoms with E-state index in [-0.39, 0.29) is 0 Å². The highest BCUT2D eigenvalue weighted by molar-refractivity contribution is 7.85. The molecule has 2 aromatic heterocycles. The van der Waals surface area contributed by atoms with E-state index in [1.807, 2.05) is 78.9 Å². The summed E-state index contributed by atoms with van der Waals surface area (Å²) in [4.78, 5) is 3.50. The van der Waals surface area contributed by atoms with Gasteiger partial charge in [-0.15, -0.1) is 0 Å². The molecular formula is C32H17N2O3P. The number of hydrogen-bond donors (Lipinski definition) is 0. The Bertz CT molecular complexity index is 2060.